The second-order valence-corrected chi connectivity index (χ2v) is 6.54. The van der Waals surface area contributed by atoms with Crippen LogP contribution in [0.25, 0.3) is 0 Å². The predicted molar refractivity (Wildman–Crippen MR) is 110 cm³/mol. The van der Waals surface area contributed by atoms with Crippen LogP contribution in [0.5, 0.6) is 0 Å². The van der Waals surface area contributed by atoms with Crippen molar-refractivity contribution in [3.63, 3.8) is 0 Å². The molecule has 2 aromatic rings. The smallest absolute Gasteiger partial charge is 0.323 e. The molecule has 28 heavy (non-hydrogen) atoms. The average Bonchev–Trinajstić information content (AvgIpc) is 2.73. The lowest BCUT2D eigenvalue weighted by atomic mass is 10.1. The Kier molecular flexibility index (Phi) is 9.75. The third-order valence-electron chi connectivity index (χ3n) is 4.10. The molecule has 150 valence electrons. The van der Waals surface area contributed by atoms with Gasteiger partial charge in [-0.2, -0.15) is 0 Å². The number of amidine groups is 1. The first-order valence-electron chi connectivity index (χ1n) is 9.54. The van der Waals surface area contributed by atoms with E-state index >= 15 is 0 Å². The minimum Gasteiger partial charge on any atom is -0.460 e. The van der Waals surface area contributed by atoms with Gasteiger partial charge >= 0.3 is 5.97 Å². The molecule has 0 aliphatic rings. The maximum absolute atomic E-state index is 11.9. The van der Waals surface area contributed by atoms with Crippen molar-refractivity contribution in [1.82, 2.24) is 5.48 Å². The van der Waals surface area contributed by atoms with Crippen molar-refractivity contribution >= 4 is 11.8 Å². The average molecular weight is 383 g/mol. The van der Waals surface area contributed by atoms with Gasteiger partial charge in [0.25, 0.3) is 0 Å². The molecule has 1 unspecified atom stereocenters. The van der Waals surface area contributed by atoms with Gasteiger partial charge in [-0.3, -0.25) is 20.1 Å². The first-order chi connectivity index (χ1) is 13.6. The molecule has 1 atom stereocenters. The molecule has 3 N–H and O–H groups in total. The summed E-state index contributed by atoms with van der Waals surface area (Å²) in [6.07, 6.45) is 2.24. The summed E-state index contributed by atoms with van der Waals surface area (Å²) in [4.78, 5) is 21.7. The van der Waals surface area contributed by atoms with E-state index in [0.29, 0.717) is 19.6 Å². The Morgan fingerprint density at radius 1 is 1.00 bits per heavy atom. The highest BCUT2D eigenvalue weighted by Crippen LogP contribution is 2.05. The fourth-order valence-corrected chi connectivity index (χ4v) is 2.51. The topological polar surface area (TPSA) is 85.9 Å². The monoisotopic (exact) mass is 383 g/mol. The van der Waals surface area contributed by atoms with Crippen LogP contribution in [0.15, 0.2) is 65.7 Å². The zero-order valence-electron chi connectivity index (χ0n) is 16.3. The molecule has 6 heteroatoms. The van der Waals surface area contributed by atoms with Crippen LogP contribution in [-0.4, -0.2) is 24.4 Å². The van der Waals surface area contributed by atoms with Gasteiger partial charge in [-0.1, -0.05) is 60.7 Å². The SMILES string of the molecule is CC(=NCCCCC(N)C(=O)OCc1ccccc1)NOCc1ccccc1. The number of hydroxylamine groups is 1. The van der Waals surface area contributed by atoms with Gasteiger partial charge in [-0.15, -0.1) is 0 Å². The Bertz CT molecular complexity index is 720. The molecule has 0 aromatic heterocycles. The molecule has 2 aromatic carbocycles. The molecule has 2 rings (SSSR count). The number of benzene rings is 2. The highest BCUT2D eigenvalue weighted by atomic mass is 16.6. The van der Waals surface area contributed by atoms with Crippen molar-refractivity contribution in [1.29, 1.82) is 0 Å². The van der Waals surface area contributed by atoms with E-state index in [4.69, 9.17) is 15.3 Å². The Labute approximate surface area is 166 Å². The van der Waals surface area contributed by atoms with E-state index in [1.807, 2.05) is 67.6 Å². The van der Waals surface area contributed by atoms with Gasteiger partial charge < -0.3 is 10.5 Å². The summed E-state index contributed by atoms with van der Waals surface area (Å²) in [6, 6.07) is 18.9. The minimum absolute atomic E-state index is 0.255. The molecule has 0 amide bonds. The summed E-state index contributed by atoms with van der Waals surface area (Å²) >= 11 is 0. The number of carbonyl (C=O) groups is 1. The van der Waals surface area contributed by atoms with Gasteiger partial charge in [0, 0.05) is 6.54 Å². The maximum Gasteiger partial charge on any atom is 0.323 e. The van der Waals surface area contributed by atoms with Crippen LogP contribution in [0.4, 0.5) is 0 Å². The molecule has 0 radical (unpaired) electrons. The fraction of sp³-hybridized carbons (Fsp3) is 0.364. The molecule has 0 aliphatic carbocycles. The number of nitrogens with zero attached hydrogens (tertiary/aromatic N) is 1. The lowest BCUT2D eigenvalue weighted by molar-refractivity contribution is -0.146. The lowest BCUT2D eigenvalue weighted by Crippen LogP contribution is -2.32. The summed E-state index contributed by atoms with van der Waals surface area (Å²) < 4.78 is 5.25. The van der Waals surface area contributed by atoms with Crippen LogP contribution in [0.1, 0.15) is 37.3 Å². The Hall–Kier alpha value is -2.70. The van der Waals surface area contributed by atoms with E-state index in [1.54, 1.807) is 0 Å². The molecule has 0 aliphatic heterocycles. The quantitative estimate of drug-likeness (QED) is 0.204. The predicted octanol–water partition coefficient (Wildman–Crippen LogP) is 3.37. The van der Waals surface area contributed by atoms with Crippen LogP contribution in [0.3, 0.4) is 0 Å². The summed E-state index contributed by atoms with van der Waals surface area (Å²) in [5.41, 5.74) is 10.8. The van der Waals surface area contributed by atoms with Gasteiger partial charge in [0.05, 0.1) is 6.61 Å². The van der Waals surface area contributed by atoms with E-state index < -0.39 is 6.04 Å². The molecule has 6 nitrogen and oxygen atoms in total. The van der Waals surface area contributed by atoms with E-state index in [2.05, 4.69) is 10.5 Å². The zero-order valence-corrected chi connectivity index (χ0v) is 16.3. The fourth-order valence-electron chi connectivity index (χ4n) is 2.51. The number of aliphatic imine (C=N–C) groups is 1. The number of unbranched alkanes of at least 4 members (excludes halogenated alkanes) is 1. The standard InChI is InChI=1S/C22H29N3O3/c1-18(25-28-17-20-12-6-3-7-13-20)24-15-9-8-14-21(23)22(26)27-16-19-10-4-2-5-11-19/h2-7,10-13,21H,8-9,14-17,23H2,1H3,(H,24,25). The number of ether oxygens (including phenoxy) is 1. The lowest BCUT2D eigenvalue weighted by Gasteiger charge is -2.11. The van der Waals surface area contributed by atoms with Crippen LogP contribution in [-0.2, 0) is 27.6 Å². The number of rotatable bonds is 11. The normalized spacial score (nSPS) is 12.4. The highest BCUT2D eigenvalue weighted by molar-refractivity contribution is 5.78. The van der Waals surface area contributed by atoms with Gasteiger partial charge in [-0.25, -0.2) is 0 Å². The van der Waals surface area contributed by atoms with Gasteiger partial charge in [0.1, 0.15) is 18.5 Å². The summed E-state index contributed by atoms with van der Waals surface area (Å²) in [6.45, 7) is 3.25. The summed E-state index contributed by atoms with van der Waals surface area (Å²) in [7, 11) is 0. The molecule has 0 bridgehead atoms. The van der Waals surface area contributed by atoms with Crippen LogP contribution < -0.4 is 11.2 Å². The number of esters is 1. The number of carbonyl (C=O) groups excluding carboxylic acids is 1. The number of nitrogens with two attached hydrogens (primary N) is 1. The van der Waals surface area contributed by atoms with Gasteiger partial charge in [0.15, 0.2) is 0 Å². The van der Waals surface area contributed by atoms with E-state index in [0.717, 1.165) is 29.8 Å². The summed E-state index contributed by atoms with van der Waals surface area (Å²) in [5, 5.41) is 0. The first-order valence-corrected chi connectivity index (χ1v) is 9.54. The minimum atomic E-state index is -0.596. The molecule has 0 fully saturated rings. The Balaban J connectivity index is 1.53. The van der Waals surface area contributed by atoms with E-state index in [-0.39, 0.29) is 12.6 Å². The number of nitrogens with one attached hydrogen (secondary N) is 1. The second-order valence-electron chi connectivity index (χ2n) is 6.54. The molecule has 0 spiro atoms. The molecular formula is C22H29N3O3. The van der Waals surface area contributed by atoms with Crippen LogP contribution in [0.2, 0.25) is 0 Å². The van der Waals surface area contributed by atoms with Gasteiger partial charge in [-0.05, 0) is 37.3 Å². The highest BCUT2D eigenvalue weighted by Gasteiger charge is 2.14. The van der Waals surface area contributed by atoms with Crippen molar-refractivity contribution in [2.45, 2.75) is 45.4 Å². The second kappa shape index (κ2) is 12.6. The number of hydrogen-bond acceptors (Lipinski definition) is 5. The Morgan fingerprint density at radius 2 is 1.61 bits per heavy atom. The third-order valence-corrected chi connectivity index (χ3v) is 4.10. The molecule has 0 heterocycles. The maximum atomic E-state index is 11.9. The van der Waals surface area contributed by atoms with E-state index in [1.165, 1.54) is 0 Å². The van der Waals surface area contributed by atoms with Crippen molar-refractivity contribution in [3.8, 4) is 0 Å². The van der Waals surface area contributed by atoms with Crippen molar-refractivity contribution in [3.05, 3.63) is 71.8 Å². The largest absolute Gasteiger partial charge is 0.460 e. The van der Waals surface area contributed by atoms with E-state index in [9.17, 15) is 4.79 Å². The van der Waals surface area contributed by atoms with Crippen molar-refractivity contribution in [2.24, 2.45) is 10.7 Å². The molecular weight excluding hydrogens is 354 g/mol. The van der Waals surface area contributed by atoms with Crippen molar-refractivity contribution in [2.75, 3.05) is 6.54 Å². The zero-order chi connectivity index (χ0) is 20.0. The Morgan fingerprint density at radius 3 is 2.25 bits per heavy atom. The van der Waals surface area contributed by atoms with Crippen LogP contribution >= 0.6 is 0 Å². The molecule has 0 saturated heterocycles. The summed E-state index contributed by atoms with van der Waals surface area (Å²) in [5.74, 6) is 0.363. The van der Waals surface area contributed by atoms with Crippen LogP contribution in [0, 0.1) is 0 Å². The first kappa shape index (κ1) is 21.6. The van der Waals surface area contributed by atoms with Crippen molar-refractivity contribution < 1.29 is 14.4 Å². The molecule has 0 saturated carbocycles. The third kappa shape index (κ3) is 8.79. The number of hydrogen-bond donors (Lipinski definition) is 2. The van der Waals surface area contributed by atoms with Gasteiger partial charge in [0.2, 0.25) is 0 Å².